The molecule has 2 aromatic rings. The number of amides is 1. The van der Waals surface area contributed by atoms with E-state index in [1.54, 1.807) is 4.90 Å². The van der Waals surface area contributed by atoms with Crippen LogP contribution >= 0.6 is 0 Å². The monoisotopic (exact) mass is 299 g/mol. The maximum absolute atomic E-state index is 12.6. The number of aromatic amines is 1. The topological polar surface area (TPSA) is 58.2 Å². The van der Waals surface area contributed by atoms with Crippen molar-refractivity contribution >= 4 is 16.9 Å². The van der Waals surface area contributed by atoms with Gasteiger partial charge in [-0.2, -0.15) is 13.2 Å². The van der Waals surface area contributed by atoms with Crippen molar-refractivity contribution < 1.29 is 22.7 Å². The minimum atomic E-state index is -4.53. The summed E-state index contributed by atoms with van der Waals surface area (Å²) in [5.41, 5.74) is 0.712. The molecular weight excluding hydrogens is 287 g/mol. The zero-order valence-corrected chi connectivity index (χ0v) is 10.9. The number of imidazole rings is 1. The second-order valence-electron chi connectivity index (χ2n) is 4.72. The predicted octanol–water partition coefficient (Wildman–Crippen LogP) is 2.05. The molecule has 0 radical (unpaired) electrons. The van der Waals surface area contributed by atoms with Gasteiger partial charge in [0.25, 0.3) is 5.91 Å². The number of hydrogen-bond donors (Lipinski definition) is 1. The van der Waals surface area contributed by atoms with E-state index in [2.05, 4.69) is 9.97 Å². The molecule has 21 heavy (non-hydrogen) atoms. The number of morpholine rings is 1. The number of hydrogen-bond acceptors (Lipinski definition) is 3. The number of halogens is 3. The van der Waals surface area contributed by atoms with Crippen LogP contribution in [-0.4, -0.2) is 47.1 Å². The second kappa shape index (κ2) is 5.03. The van der Waals surface area contributed by atoms with Crippen molar-refractivity contribution in [2.24, 2.45) is 0 Å². The van der Waals surface area contributed by atoms with Crippen molar-refractivity contribution in [2.45, 2.75) is 6.18 Å². The van der Waals surface area contributed by atoms with Gasteiger partial charge in [-0.05, 0) is 18.2 Å². The first kappa shape index (κ1) is 13.9. The van der Waals surface area contributed by atoms with Crippen LogP contribution in [0.5, 0.6) is 0 Å². The highest BCUT2D eigenvalue weighted by Crippen LogP contribution is 2.28. The lowest BCUT2D eigenvalue weighted by Gasteiger charge is -2.26. The Bertz CT molecular complexity index is 675. The number of carbonyl (C=O) groups excluding carboxylic acids is 1. The molecule has 0 atom stereocenters. The fraction of sp³-hybridized carbons (Fsp3) is 0.385. The van der Waals surface area contributed by atoms with Gasteiger partial charge in [0.05, 0.1) is 24.2 Å². The molecule has 0 unspecified atom stereocenters. The number of ether oxygens (including phenoxy) is 1. The summed E-state index contributed by atoms with van der Waals surface area (Å²) in [6, 6.07) is 4.30. The Hall–Kier alpha value is -2.09. The van der Waals surface area contributed by atoms with Gasteiger partial charge < -0.3 is 14.6 Å². The number of rotatable bonds is 1. The Balaban J connectivity index is 1.91. The standard InChI is InChI=1S/C13H12F3N3O2/c14-13(15,16)12-17-9-2-1-8(7-10(9)18-12)11(20)19-3-5-21-6-4-19/h1-2,7H,3-6H2,(H,17,18). The van der Waals surface area contributed by atoms with Crippen LogP contribution in [0.25, 0.3) is 11.0 Å². The lowest BCUT2D eigenvalue weighted by Crippen LogP contribution is -2.40. The minimum Gasteiger partial charge on any atom is -0.378 e. The molecule has 1 amide bonds. The summed E-state index contributed by atoms with van der Waals surface area (Å²) in [6.07, 6.45) is -4.53. The molecule has 1 fully saturated rings. The second-order valence-corrected chi connectivity index (χ2v) is 4.72. The lowest BCUT2D eigenvalue weighted by molar-refractivity contribution is -0.144. The molecule has 8 heteroatoms. The first-order chi connectivity index (χ1) is 9.95. The number of nitrogens with one attached hydrogen (secondary N) is 1. The van der Waals surface area contributed by atoms with E-state index in [1.807, 2.05) is 0 Å². The van der Waals surface area contributed by atoms with E-state index in [4.69, 9.17) is 4.74 Å². The average Bonchev–Trinajstić information content (AvgIpc) is 2.90. The molecule has 1 aromatic carbocycles. The van der Waals surface area contributed by atoms with E-state index >= 15 is 0 Å². The van der Waals surface area contributed by atoms with Crippen LogP contribution in [0.2, 0.25) is 0 Å². The van der Waals surface area contributed by atoms with Crippen molar-refractivity contribution in [1.82, 2.24) is 14.9 Å². The van der Waals surface area contributed by atoms with Crippen molar-refractivity contribution in [3.63, 3.8) is 0 Å². The zero-order chi connectivity index (χ0) is 15.0. The van der Waals surface area contributed by atoms with Crippen molar-refractivity contribution in [2.75, 3.05) is 26.3 Å². The molecule has 5 nitrogen and oxygen atoms in total. The van der Waals surface area contributed by atoms with Gasteiger partial charge in [0.15, 0.2) is 0 Å². The SMILES string of the molecule is O=C(c1ccc2nc(C(F)(F)F)[nH]c2c1)N1CCOCC1. The largest absolute Gasteiger partial charge is 0.449 e. The van der Waals surface area contributed by atoms with Gasteiger partial charge in [0.2, 0.25) is 5.82 Å². The summed E-state index contributed by atoms with van der Waals surface area (Å²) in [6.45, 7) is 1.90. The van der Waals surface area contributed by atoms with E-state index < -0.39 is 12.0 Å². The fourth-order valence-electron chi connectivity index (χ4n) is 2.23. The summed E-state index contributed by atoms with van der Waals surface area (Å²) in [7, 11) is 0. The zero-order valence-electron chi connectivity index (χ0n) is 10.9. The molecule has 0 saturated carbocycles. The van der Waals surface area contributed by atoms with Gasteiger partial charge in [0.1, 0.15) is 0 Å². The Morgan fingerprint density at radius 2 is 2.00 bits per heavy atom. The van der Waals surface area contributed by atoms with Crippen LogP contribution in [-0.2, 0) is 10.9 Å². The van der Waals surface area contributed by atoms with Crippen LogP contribution < -0.4 is 0 Å². The maximum atomic E-state index is 12.6. The molecule has 0 spiro atoms. The normalized spacial score (nSPS) is 16.4. The third-order valence-corrected chi connectivity index (χ3v) is 3.30. The Kier molecular flexibility index (Phi) is 3.32. The summed E-state index contributed by atoms with van der Waals surface area (Å²) in [5, 5.41) is 0. The highest BCUT2D eigenvalue weighted by Gasteiger charge is 2.34. The highest BCUT2D eigenvalue weighted by molar-refractivity contribution is 5.97. The van der Waals surface area contributed by atoms with E-state index in [-0.39, 0.29) is 16.9 Å². The average molecular weight is 299 g/mol. The van der Waals surface area contributed by atoms with Gasteiger partial charge in [-0.15, -0.1) is 0 Å². The molecule has 112 valence electrons. The molecule has 1 saturated heterocycles. The molecule has 1 aliphatic rings. The van der Waals surface area contributed by atoms with Gasteiger partial charge in [-0.25, -0.2) is 4.98 Å². The van der Waals surface area contributed by atoms with Crippen LogP contribution in [0.15, 0.2) is 18.2 Å². The van der Waals surface area contributed by atoms with Gasteiger partial charge in [0, 0.05) is 18.7 Å². The Morgan fingerprint density at radius 1 is 1.29 bits per heavy atom. The number of aromatic nitrogens is 2. The number of nitrogens with zero attached hydrogens (tertiary/aromatic N) is 2. The predicted molar refractivity (Wildman–Crippen MR) is 67.8 cm³/mol. The van der Waals surface area contributed by atoms with Gasteiger partial charge in [-0.3, -0.25) is 4.79 Å². The van der Waals surface area contributed by atoms with Crippen LogP contribution in [0.4, 0.5) is 13.2 Å². The lowest BCUT2D eigenvalue weighted by atomic mass is 10.1. The summed E-state index contributed by atoms with van der Waals surface area (Å²) < 4.78 is 42.9. The minimum absolute atomic E-state index is 0.181. The molecule has 1 aliphatic heterocycles. The van der Waals surface area contributed by atoms with Crippen molar-refractivity contribution in [3.8, 4) is 0 Å². The van der Waals surface area contributed by atoms with E-state index in [9.17, 15) is 18.0 Å². The van der Waals surface area contributed by atoms with Gasteiger partial charge in [-0.1, -0.05) is 0 Å². The third kappa shape index (κ3) is 2.71. The molecule has 0 aliphatic carbocycles. The first-order valence-corrected chi connectivity index (χ1v) is 6.39. The first-order valence-electron chi connectivity index (χ1n) is 6.39. The fourth-order valence-corrected chi connectivity index (χ4v) is 2.23. The molecule has 1 aromatic heterocycles. The van der Waals surface area contributed by atoms with Crippen LogP contribution in [0, 0.1) is 0 Å². The number of fused-ring (bicyclic) bond motifs is 1. The van der Waals surface area contributed by atoms with Crippen molar-refractivity contribution in [3.05, 3.63) is 29.6 Å². The van der Waals surface area contributed by atoms with E-state index in [0.29, 0.717) is 31.9 Å². The number of benzene rings is 1. The van der Waals surface area contributed by atoms with Crippen molar-refractivity contribution in [1.29, 1.82) is 0 Å². The number of carbonyl (C=O) groups is 1. The molecule has 3 rings (SSSR count). The molecule has 2 heterocycles. The summed E-state index contributed by atoms with van der Waals surface area (Å²) in [5.74, 6) is -1.28. The Morgan fingerprint density at radius 3 is 2.67 bits per heavy atom. The smallest absolute Gasteiger partial charge is 0.378 e. The summed E-state index contributed by atoms with van der Waals surface area (Å²) in [4.78, 5) is 19.6. The quantitative estimate of drug-likeness (QED) is 0.877. The Labute approximate surface area is 117 Å². The van der Waals surface area contributed by atoms with Crippen LogP contribution in [0.1, 0.15) is 16.2 Å². The molecule has 1 N–H and O–H groups in total. The highest BCUT2D eigenvalue weighted by atomic mass is 19.4. The van der Waals surface area contributed by atoms with Gasteiger partial charge >= 0.3 is 6.18 Å². The number of alkyl halides is 3. The molecular formula is C13H12F3N3O2. The third-order valence-electron chi connectivity index (χ3n) is 3.30. The van der Waals surface area contributed by atoms with E-state index in [1.165, 1.54) is 18.2 Å². The van der Waals surface area contributed by atoms with Crippen LogP contribution in [0.3, 0.4) is 0 Å². The summed E-state index contributed by atoms with van der Waals surface area (Å²) >= 11 is 0. The van der Waals surface area contributed by atoms with E-state index in [0.717, 1.165) is 0 Å². The number of H-pyrrole nitrogens is 1. The maximum Gasteiger partial charge on any atom is 0.449 e. The molecule has 0 bridgehead atoms.